The van der Waals surface area contributed by atoms with Gasteiger partial charge < -0.3 is 4.90 Å². The van der Waals surface area contributed by atoms with Crippen molar-refractivity contribution >= 4 is 81.7 Å². The van der Waals surface area contributed by atoms with Gasteiger partial charge in [0.1, 0.15) is 0 Å². The molecule has 0 saturated heterocycles. The number of benzene rings is 9. The minimum Gasteiger partial charge on any atom is -0.309 e. The summed E-state index contributed by atoms with van der Waals surface area (Å²) >= 11 is 0. The molecule has 0 fully saturated rings. The van der Waals surface area contributed by atoms with E-state index in [9.17, 15) is 0 Å². The number of fused-ring (bicyclic) bond motifs is 9. The van der Waals surface area contributed by atoms with Gasteiger partial charge in [-0.25, -0.2) is 0 Å². The zero-order valence-corrected chi connectivity index (χ0v) is 23.5. The first-order chi connectivity index (χ1) is 21.3. The van der Waals surface area contributed by atoms with Crippen LogP contribution in [0.1, 0.15) is 0 Å². The van der Waals surface area contributed by atoms with Crippen LogP contribution in [0.25, 0.3) is 64.6 Å². The topological polar surface area (TPSA) is 3.24 Å². The average molecular weight is 546 g/mol. The molecule has 200 valence electrons. The SMILES string of the molecule is c1ccc2cc(N(c3cccc4ccccc34)c3cc4ccccc4c4c3ccc3c5ccccc5ccc34)ccc2c1. The number of nitrogens with zero attached hydrogens (tertiary/aromatic N) is 1. The third kappa shape index (κ3) is 3.72. The van der Waals surface area contributed by atoms with Gasteiger partial charge in [-0.1, -0.05) is 140 Å². The van der Waals surface area contributed by atoms with Crippen molar-refractivity contribution in [3.63, 3.8) is 0 Å². The third-order valence-corrected chi connectivity index (χ3v) is 8.96. The normalized spacial score (nSPS) is 11.7. The van der Waals surface area contributed by atoms with Gasteiger partial charge in [0.2, 0.25) is 0 Å². The predicted octanol–water partition coefficient (Wildman–Crippen LogP) is 12.1. The molecule has 0 amide bonds. The van der Waals surface area contributed by atoms with Crippen molar-refractivity contribution in [3.05, 3.63) is 164 Å². The lowest BCUT2D eigenvalue weighted by Gasteiger charge is -2.29. The molecule has 0 spiro atoms. The second kappa shape index (κ2) is 9.44. The molecular formula is C42H27N. The number of hydrogen-bond donors (Lipinski definition) is 0. The number of anilines is 3. The molecule has 0 saturated carbocycles. The summed E-state index contributed by atoms with van der Waals surface area (Å²) in [4.78, 5) is 2.47. The molecule has 0 heterocycles. The lowest BCUT2D eigenvalue weighted by molar-refractivity contribution is 1.32. The fourth-order valence-electron chi connectivity index (χ4n) is 6.98. The highest BCUT2D eigenvalue weighted by Crippen LogP contribution is 2.46. The average Bonchev–Trinajstić information content (AvgIpc) is 3.08. The molecule has 1 nitrogen and oxygen atoms in total. The molecule has 9 aromatic carbocycles. The highest BCUT2D eigenvalue weighted by molar-refractivity contribution is 6.28. The summed E-state index contributed by atoms with van der Waals surface area (Å²) in [6.45, 7) is 0. The minimum absolute atomic E-state index is 1.14. The summed E-state index contributed by atoms with van der Waals surface area (Å²) in [6.07, 6.45) is 0. The molecule has 0 bridgehead atoms. The first-order valence-corrected chi connectivity index (χ1v) is 14.9. The summed E-state index contributed by atoms with van der Waals surface area (Å²) in [5.74, 6) is 0. The van der Waals surface area contributed by atoms with Crippen molar-refractivity contribution in [2.75, 3.05) is 4.90 Å². The van der Waals surface area contributed by atoms with Gasteiger partial charge in [-0.15, -0.1) is 0 Å². The first kappa shape index (κ1) is 24.0. The standard InChI is InChI=1S/C42H27N/c1-2-13-31-26-33(22-20-28(31)10-1)43(40-19-9-15-29-11-4-7-17-35(29)40)41-27-32-14-5-8-18-36(32)42-38-23-21-30-12-3-6-16-34(30)37(38)24-25-39(41)42/h1-27H. The van der Waals surface area contributed by atoms with Crippen molar-refractivity contribution < 1.29 is 0 Å². The lowest BCUT2D eigenvalue weighted by Crippen LogP contribution is -2.11. The molecule has 0 atom stereocenters. The molecule has 0 unspecified atom stereocenters. The predicted molar refractivity (Wildman–Crippen MR) is 186 cm³/mol. The molecule has 0 aromatic heterocycles. The summed E-state index contributed by atoms with van der Waals surface area (Å²) in [5.41, 5.74) is 3.49. The Labute approximate surface area is 249 Å². The van der Waals surface area contributed by atoms with E-state index in [-0.39, 0.29) is 0 Å². The van der Waals surface area contributed by atoms with E-state index in [2.05, 4.69) is 169 Å². The van der Waals surface area contributed by atoms with Gasteiger partial charge in [0, 0.05) is 16.5 Å². The Morgan fingerprint density at radius 1 is 0.279 bits per heavy atom. The Morgan fingerprint density at radius 2 is 0.860 bits per heavy atom. The molecule has 0 aliphatic rings. The van der Waals surface area contributed by atoms with E-state index in [0.717, 1.165) is 5.69 Å². The highest BCUT2D eigenvalue weighted by Gasteiger charge is 2.20. The second-order valence-electron chi connectivity index (χ2n) is 11.4. The number of hydrogen-bond acceptors (Lipinski definition) is 1. The van der Waals surface area contributed by atoms with E-state index in [1.54, 1.807) is 0 Å². The van der Waals surface area contributed by atoms with Crippen LogP contribution in [0.2, 0.25) is 0 Å². The van der Waals surface area contributed by atoms with E-state index in [1.165, 1.54) is 76.0 Å². The van der Waals surface area contributed by atoms with Crippen LogP contribution in [0.3, 0.4) is 0 Å². The molecule has 0 aliphatic heterocycles. The van der Waals surface area contributed by atoms with Crippen LogP contribution >= 0.6 is 0 Å². The van der Waals surface area contributed by atoms with E-state index in [1.807, 2.05) is 0 Å². The van der Waals surface area contributed by atoms with Crippen molar-refractivity contribution in [1.29, 1.82) is 0 Å². The highest BCUT2D eigenvalue weighted by atomic mass is 15.1. The molecule has 9 aromatic rings. The van der Waals surface area contributed by atoms with Gasteiger partial charge in [0.15, 0.2) is 0 Å². The Morgan fingerprint density at radius 3 is 1.70 bits per heavy atom. The van der Waals surface area contributed by atoms with E-state index < -0.39 is 0 Å². The summed E-state index contributed by atoms with van der Waals surface area (Å²) in [5, 5.41) is 15.1. The van der Waals surface area contributed by atoms with Crippen molar-refractivity contribution in [2.45, 2.75) is 0 Å². The van der Waals surface area contributed by atoms with Crippen LogP contribution in [0.4, 0.5) is 17.1 Å². The van der Waals surface area contributed by atoms with Gasteiger partial charge in [0.05, 0.1) is 11.4 Å². The van der Waals surface area contributed by atoms with Crippen molar-refractivity contribution in [2.24, 2.45) is 0 Å². The first-order valence-electron chi connectivity index (χ1n) is 14.9. The molecule has 0 radical (unpaired) electrons. The molecule has 0 aliphatic carbocycles. The fourth-order valence-corrected chi connectivity index (χ4v) is 6.98. The molecule has 9 rings (SSSR count). The molecular weight excluding hydrogens is 518 g/mol. The number of rotatable bonds is 3. The maximum absolute atomic E-state index is 2.47. The summed E-state index contributed by atoms with van der Waals surface area (Å²) in [7, 11) is 0. The van der Waals surface area contributed by atoms with Gasteiger partial charge in [-0.05, 0) is 78.1 Å². The van der Waals surface area contributed by atoms with Crippen LogP contribution in [0.15, 0.2) is 164 Å². The monoisotopic (exact) mass is 545 g/mol. The maximum Gasteiger partial charge on any atom is 0.0546 e. The molecule has 0 N–H and O–H groups in total. The Hall–Kier alpha value is -5.66. The van der Waals surface area contributed by atoms with Crippen LogP contribution in [-0.4, -0.2) is 0 Å². The third-order valence-electron chi connectivity index (χ3n) is 8.96. The zero-order valence-electron chi connectivity index (χ0n) is 23.5. The smallest absolute Gasteiger partial charge is 0.0546 e. The summed E-state index contributed by atoms with van der Waals surface area (Å²) in [6, 6.07) is 59.9. The van der Waals surface area contributed by atoms with Crippen LogP contribution < -0.4 is 4.90 Å². The lowest BCUT2D eigenvalue weighted by atomic mass is 9.92. The van der Waals surface area contributed by atoms with Gasteiger partial charge in [-0.3, -0.25) is 0 Å². The molecule has 1 heteroatoms. The van der Waals surface area contributed by atoms with Crippen LogP contribution in [0.5, 0.6) is 0 Å². The van der Waals surface area contributed by atoms with Crippen LogP contribution in [0, 0.1) is 0 Å². The zero-order chi connectivity index (χ0) is 28.3. The fraction of sp³-hybridized carbons (Fsp3) is 0. The largest absolute Gasteiger partial charge is 0.309 e. The minimum atomic E-state index is 1.14. The maximum atomic E-state index is 2.47. The second-order valence-corrected chi connectivity index (χ2v) is 11.4. The van der Waals surface area contributed by atoms with Crippen molar-refractivity contribution in [3.8, 4) is 0 Å². The van der Waals surface area contributed by atoms with Gasteiger partial charge in [-0.2, -0.15) is 0 Å². The van der Waals surface area contributed by atoms with Gasteiger partial charge >= 0.3 is 0 Å². The quantitative estimate of drug-likeness (QED) is 0.200. The summed E-state index contributed by atoms with van der Waals surface area (Å²) < 4.78 is 0. The molecule has 43 heavy (non-hydrogen) atoms. The van der Waals surface area contributed by atoms with E-state index in [4.69, 9.17) is 0 Å². The van der Waals surface area contributed by atoms with E-state index >= 15 is 0 Å². The Bertz CT molecular complexity index is 2520. The Kier molecular flexibility index (Phi) is 5.27. The van der Waals surface area contributed by atoms with Gasteiger partial charge in [0.25, 0.3) is 0 Å². The Balaban J connectivity index is 1.44. The van der Waals surface area contributed by atoms with Crippen LogP contribution in [-0.2, 0) is 0 Å². The van der Waals surface area contributed by atoms with E-state index in [0.29, 0.717) is 0 Å². The van der Waals surface area contributed by atoms with Crippen molar-refractivity contribution in [1.82, 2.24) is 0 Å².